The number of ether oxygens (including phenoxy) is 1. The van der Waals surface area contributed by atoms with Crippen LogP contribution in [0.15, 0.2) is 0 Å². The lowest BCUT2D eigenvalue weighted by Gasteiger charge is -2.04. The fraction of sp³-hybridized carbons (Fsp3) is 0.250. The van der Waals surface area contributed by atoms with Crippen LogP contribution in [0.5, 0.6) is 0 Å². The Labute approximate surface area is 51.2 Å². The molecule has 0 aromatic carbocycles. The average Bonchev–Trinajstić information content (AvgIpc) is 1.91. The van der Waals surface area contributed by atoms with Gasteiger partial charge in [-0.25, -0.2) is 0 Å². The van der Waals surface area contributed by atoms with E-state index in [1.165, 1.54) is 0 Å². The van der Waals surface area contributed by atoms with Gasteiger partial charge in [-0.2, -0.15) is 0 Å². The zero-order valence-electron chi connectivity index (χ0n) is 4.52. The quantitative estimate of drug-likeness (QED) is 0.345. The predicted molar refractivity (Wildman–Crippen MR) is 26.0 cm³/mol. The van der Waals surface area contributed by atoms with Gasteiger partial charge in [0.2, 0.25) is 12.8 Å². The minimum absolute atomic E-state index is 0.153. The van der Waals surface area contributed by atoms with Gasteiger partial charge >= 0.3 is 0 Å². The lowest BCUT2D eigenvalue weighted by Crippen LogP contribution is -2.22. The SMILES string of the molecule is O=COCN(C=O)C=O. The van der Waals surface area contributed by atoms with Crippen molar-refractivity contribution < 1.29 is 19.1 Å². The molecule has 0 aliphatic rings. The largest absolute Gasteiger partial charge is 0.446 e. The first-order valence-electron chi connectivity index (χ1n) is 2.06. The van der Waals surface area contributed by atoms with Crippen LogP contribution in [-0.2, 0) is 19.1 Å². The molecule has 0 spiro atoms. The van der Waals surface area contributed by atoms with E-state index in [9.17, 15) is 14.4 Å². The summed E-state index contributed by atoms with van der Waals surface area (Å²) in [5, 5.41) is 0. The van der Waals surface area contributed by atoms with E-state index < -0.39 is 0 Å². The first-order chi connectivity index (χ1) is 4.35. The summed E-state index contributed by atoms with van der Waals surface area (Å²) < 4.78 is 4.06. The number of hydrogen-bond donors (Lipinski definition) is 0. The highest BCUT2D eigenvalue weighted by Gasteiger charge is 1.94. The van der Waals surface area contributed by atoms with Crippen molar-refractivity contribution in [2.45, 2.75) is 0 Å². The zero-order chi connectivity index (χ0) is 7.11. The Bertz CT molecular complexity index is 105. The Morgan fingerprint density at radius 2 is 1.78 bits per heavy atom. The maximum absolute atomic E-state index is 9.74. The van der Waals surface area contributed by atoms with Crippen molar-refractivity contribution in [2.75, 3.05) is 6.73 Å². The second kappa shape index (κ2) is 4.76. The van der Waals surface area contributed by atoms with Gasteiger partial charge in [0.15, 0.2) is 6.73 Å². The number of amides is 2. The van der Waals surface area contributed by atoms with Crippen molar-refractivity contribution >= 4 is 19.3 Å². The fourth-order valence-corrected chi connectivity index (χ4v) is 0.202. The predicted octanol–water partition coefficient (Wildman–Crippen LogP) is -1.27. The maximum Gasteiger partial charge on any atom is 0.294 e. The van der Waals surface area contributed by atoms with E-state index in [1.54, 1.807) is 0 Å². The third-order valence-electron chi connectivity index (χ3n) is 0.562. The molecule has 0 rings (SSSR count). The molecule has 0 saturated carbocycles. The number of carbonyl (C=O) groups excluding carboxylic acids is 3. The van der Waals surface area contributed by atoms with Gasteiger partial charge < -0.3 is 4.74 Å². The number of rotatable bonds is 5. The highest BCUT2D eigenvalue weighted by atomic mass is 16.5. The fourth-order valence-electron chi connectivity index (χ4n) is 0.202. The van der Waals surface area contributed by atoms with Crippen molar-refractivity contribution in [1.82, 2.24) is 4.90 Å². The topological polar surface area (TPSA) is 63.7 Å². The van der Waals surface area contributed by atoms with E-state index in [1.807, 2.05) is 0 Å². The summed E-state index contributed by atoms with van der Waals surface area (Å²) in [4.78, 5) is 29.6. The molecule has 0 fully saturated rings. The third-order valence-corrected chi connectivity index (χ3v) is 0.562. The Balaban J connectivity index is 3.41. The van der Waals surface area contributed by atoms with Gasteiger partial charge in [-0.15, -0.1) is 0 Å². The number of nitrogens with zero attached hydrogens (tertiary/aromatic N) is 1. The van der Waals surface area contributed by atoms with Gasteiger partial charge in [0, 0.05) is 0 Å². The summed E-state index contributed by atoms with van der Waals surface area (Å²) >= 11 is 0. The molecule has 0 aliphatic heterocycles. The standard InChI is InChI=1S/C4H5NO4/c6-1-5(2-7)3-9-4-8/h1-2,4H,3H2. The van der Waals surface area contributed by atoms with Crippen LogP contribution in [0.2, 0.25) is 0 Å². The Morgan fingerprint density at radius 3 is 2.11 bits per heavy atom. The number of carbonyl (C=O) groups is 3. The summed E-state index contributed by atoms with van der Waals surface area (Å²) in [7, 11) is 0. The summed E-state index contributed by atoms with van der Waals surface area (Å²) in [6, 6.07) is 0. The van der Waals surface area contributed by atoms with Gasteiger partial charge in [-0.1, -0.05) is 0 Å². The normalized spacial score (nSPS) is 7.56. The second-order valence-electron chi connectivity index (χ2n) is 1.12. The molecule has 0 unspecified atom stereocenters. The zero-order valence-corrected chi connectivity index (χ0v) is 4.52. The molecule has 0 aromatic heterocycles. The van der Waals surface area contributed by atoms with Crippen LogP contribution >= 0.6 is 0 Å². The third kappa shape index (κ3) is 3.22. The van der Waals surface area contributed by atoms with Crippen LogP contribution in [0, 0.1) is 0 Å². The molecule has 5 nitrogen and oxygen atoms in total. The van der Waals surface area contributed by atoms with Crippen molar-refractivity contribution in [3.8, 4) is 0 Å². The first-order valence-corrected chi connectivity index (χ1v) is 2.06. The maximum atomic E-state index is 9.74. The number of hydrogen-bond acceptors (Lipinski definition) is 4. The van der Waals surface area contributed by atoms with Crippen LogP contribution in [0.25, 0.3) is 0 Å². The molecule has 0 N–H and O–H groups in total. The Morgan fingerprint density at radius 1 is 1.22 bits per heavy atom. The van der Waals surface area contributed by atoms with Crippen molar-refractivity contribution in [3.63, 3.8) is 0 Å². The molecule has 0 atom stereocenters. The van der Waals surface area contributed by atoms with Gasteiger partial charge in [0.1, 0.15) is 0 Å². The molecule has 5 heteroatoms. The van der Waals surface area contributed by atoms with Crippen LogP contribution < -0.4 is 0 Å². The van der Waals surface area contributed by atoms with E-state index in [4.69, 9.17) is 0 Å². The van der Waals surface area contributed by atoms with Gasteiger partial charge in [-0.05, 0) is 0 Å². The van der Waals surface area contributed by atoms with E-state index in [-0.39, 0.29) is 26.0 Å². The van der Waals surface area contributed by atoms with E-state index in [2.05, 4.69) is 4.74 Å². The second-order valence-corrected chi connectivity index (χ2v) is 1.12. The van der Waals surface area contributed by atoms with Gasteiger partial charge in [0.25, 0.3) is 6.47 Å². The Kier molecular flexibility index (Phi) is 4.03. The molecule has 50 valence electrons. The average molecular weight is 131 g/mol. The van der Waals surface area contributed by atoms with Gasteiger partial charge in [-0.3, -0.25) is 19.3 Å². The molecule has 0 radical (unpaired) electrons. The van der Waals surface area contributed by atoms with Crippen LogP contribution in [0.1, 0.15) is 0 Å². The van der Waals surface area contributed by atoms with Crippen LogP contribution in [0.4, 0.5) is 0 Å². The lowest BCUT2D eigenvalue weighted by atomic mass is 10.9. The minimum Gasteiger partial charge on any atom is -0.446 e. The molecule has 0 heterocycles. The smallest absolute Gasteiger partial charge is 0.294 e. The highest BCUT2D eigenvalue weighted by molar-refractivity contribution is 5.68. The molecule has 0 saturated heterocycles. The van der Waals surface area contributed by atoms with Crippen molar-refractivity contribution in [2.24, 2.45) is 0 Å². The van der Waals surface area contributed by atoms with Crippen LogP contribution in [0.3, 0.4) is 0 Å². The molecule has 0 aliphatic carbocycles. The lowest BCUT2D eigenvalue weighted by molar-refractivity contribution is -0.141. The Hall–Kier alpha value is -1.39. The minimum atomic E-state index is -0.323. The summed E-state index contributed by atoms with van der Waals surface area (Å²) in [6.07, 6.45) is 0.521. The van der Waals surface area contributed by atoms with E-state index in [0.717, 1.165) is 0 Å². The highest BCUT2D eigenvalue weighted by Crippen LogP contribution is 1.73. The van der Waals surface area contributed by atoms with Crippen molar-refractivity contribution in [1.29, 1.82) is 0 Å². The first kappa shape index (κ1) is 7.61. The number of imide groups is 1. The van der Waals surface area contributed by atoms with E-state index in [0.29, 0.717) is 4.90 Å². The molecular weight excluding hydrogens is 126 g/mol. The molecule has 2 amide bonds. The summed E-state index contributed by atoms with van der Waals surface area (Å²) in [5.41, 5.74) is 0. The molecule has 9 heavy (non-hydrogen) atoms. The van der Waals surface area contributed by atoms with E-state index >= 15 is 0 Å². The van der Waals surface area contributed by atoms with Crippen molar-refractivity contribution in [3.05, 3.63) is 0 Å². The monoisotopic (exact) mass is 131 g/mol. The molecular formula is C4H5NO4. The molecule has 0 bridgehead atoms. The van der Waals surface area contributed by atoms with Gasteiger partial charge in [0.05, 0.1) is 0 Å². The molecule has 0 aromatic rings. The summed E-state index contributed by atoms with van der Waals surface area (Å²) in [6.45, 7) is -0.170. The summed E-state index contributed by atoms with van der Waals surface area (Å²) in [5.74, 6) is 0. The van der Waals surface area contributed by atoms with Crippen LogP contribution in [-0.4, -0.2) is 30.9 Å².